The molecule has 0 bridgehead atoms. The van der Waals surface area contributed by atoms with Crippen LogP contribution in [0.5, 0.6) is 0 Å². The molecule has 0 spiro atoms. The minimum atomic E-state index is 1.08. The van der Waals surface area contributed by atoms with E-state index in [4.69, 9.17) is 0 Å². The van der Waals surface area contributed by atoms with Crippen molar-refractivity contribution in [2.24, 2.45) is 0 Å². The highest BCUT2D eigenvalue weighted by atomic mass is 14.3. The number of fused-ring (bicyclic) bond motifs is 10. The summed E-state index contributed by atoms with van der Waals surface area (Å²) in [5, 5.41) is 21.0. The predicted molar refractivity (Wildman–Crippen MR) is 277 cm³/mol. The summed E-state index contributed by atoms with van der Waals surface area (Å²) in [6.07, 6.45) is 9.17. The van der Waals surface area contributed by atoms with Gasteiger partial charge in [-0.2, -0.15) is 0 Å². The van der Waals surface area contributed by atoms with Crippen LogP contribution in [0, 0.1) is 0 Å². The maximum atomic E-state index is 2.57. The molecule has 0 saturated carbocycles. The molecule has 0 saturated heterocycles. The average molecular weight is 809 g/mol. The van der Waals surface area contributed by atoms with Crippen LogP contribution < -0.4 is 0 Å². The molecular formula is C64H40. The third kappa shape index (κ3) is 5.05. The van der Waals surface area contributed by atoms with Crippen molar-refractivity contribution in [3.8, 4) is 44.5 Å². The maximum absolute atomic E-state index is 2.57. The van der Waals surface area contributed by atoms with E-state index in [9.17, 15) is 0 Å². The molecule has 1 aliphatic carbocycles. The van der Waals surface area contributed by atoms with E-state index in [1.54, 1.807) is 0 Å². The zero-order valence-electron chi connectivity index (χ0n) is 35.2. The largest absolute Gasteiger partial charge is 0.0836 e. The number of rotatable bonds is 5. The summed E-state index contributed by atoms with van der Waals surface area (Å²) >= 11 is 0. The van der Waals surface area contributed by atoms with Crippen molar-refractivity contribution in [1.82, 2.24) is 0 Å². The van der Waals surface area contributed by atoms with Crippen LogP contribution in [0.25, 0.3) is 136 Å². The van der Waals surface area contributed by atoms with Crippen LogP contribution in [-0.4, -0.2) is 0 Å². The highest BCUT2D eigenvalue weighted by Crippen LogP contribution is 2.55. The Morgan fingerprint density at radius 2 is 0.875 bits per heavy atom. The quantitative estimate of drug-likeness (QED) is 0.152. The van der Waals surface area contributed by atoms with E-state index in [1.807, 2.05) is 0 Å². The van der Waals surface area contributed by atoms with Gasteiger partial charge in [-0.15, -0.1) is 0 Å². The summed E-state index contributed by atoms with van der Waals surface area (Å²) in [6.45, 7) is 0. The predicted octanol–water partition coefficient (Wildman–Crippen LogP) is 18.2. The van der Waals surface area contributed by atoms with Gasteiger partial charge in [0.05, 0.1) is 0 Å². The van der Waals surface area contributed by atoms with E-state index in [0.29, 0.717) is 0 Å². The Hall–Kier alpha value is -8.06. The van der Waals surface area contributed by atoms with E-state index < -0.39 is 0 Å². The van der Waals surface area contributed by atoms with E-state index in [0.717, 1.165) is 12.8 Å². The number of hydrogen-bond donors (Lipinski definition) is 0. The fraction of sp³-hybridized carbons (Fsp3) is 0.0312. The first kappa shape index (κ1) is 35.5. The molecule has 1 aliphatic rings. The van der Waals surface area contributed by atoms with E-state index in [1.165, 1.54) is 142 Å². The molecule has 0 aromatic heterocycles. The molecule has 0 heterocycles. The van der Waals surface area contributed by atoms with Gasteiger partial charge in [-0.3, -0.25) is 0 Å². The molecule has 0 aliphatic heterocycles. The summed E-state index contributed by atoms with van der Waals surface area (Å²) in [6, 6.07) is 75.5. The van der Waals surface area contributed by atoms with E-state index in [2.05, 4.69) is 218 Å². The SMILES string of the molecule is C1=CC(c2ccc(-c3ccccc3)c(-c3ccc4c(c3)c3cc5c(-c6ccccc6)c6c7cccc8c9ccccc9cc(c6c(-c6ccccc6)c5c5cccc4c35)c87)c2)=CCC1. The second-order valence-corrected chi connectivity index (χ2v) is 17.7. The van der Waals surface area contributed by atoms with Crippen molar-refractivity contribution in [1.29, 1.82) is 0 Å². The zero-order valence-corrected chi connectivity index (χ0v) is 35.2. The Morgan fingerprint density at radius 3 is 1.62 bits per heavy atom. The fourth-order valence-electron chi connectivity index (χ4n) is 11.6. The molecule has 0 fully saturated rings. The lowest BCUT2D eigenvalue weighted by molar-refractivity contribution is 1.04. The topological polar surface area (TPSA) is 0 Å². The molecule has 0 unspecified atom stereocenters. The second kappa shape index (κ2) is 13.7. The summed E-state index contributed by atoms with van der Waals surface area (Å²) in [5.41, 5.74) is 12.6. The molecule has 13 aromatic rings. The Morgan fingerprint density at radius 1 is 0.266 bits per heavy atom. The van der Waals surface area contributed by atoms with Crippen LogP contribution in [0.3, 0.4) is 0 Å². The molecule has 13 aromatic carbocycles. The number of allylic oxidation sites excluding steroid dienone is 4. The van der Waals surface area contributed by atoms with Gasteiger partial charge in [0.2, 0.25) is 0 Å². The smallest absolute Gasteiger partial charge is 0.000697 e. The lowest BCUT2D eigenvalue weighted by Crippen LogP contribution is -1.91. The van der Waals surface area contributed by atoms with Crippen molar-refractivity contribution in [3.63, 3.8) is 0 Å². The van der Waals surface area contributed by atoms with Crippen molar-refractivity contribution in [2.75, 3.05) is 0 Å². The molecule has 0 heteroatoms. The lowest BCUT2D eigenvalue weighted by Gasteiger charge is -2.19. The zero-order chi connectivity index (χ0) is 41.9. The number of hydrogen-bond acceptors (Lipinski definition) is 0. The molecule has 0 nitrogen and oxygen atoms in total. The summed E-state index contributed by atoms with van der Waals surface area (Å²) in [7, 11) is 0. The Labute approximate surface area is 371 Å². The standard InChI is InChI=1S/C64H40/c1-5-17-39(18-6-1)43-31-33-47(40-19-7-2-8-20-40)53(35-43)45-32-34-48-50-28-16-29-51-60(50)55(54(48)36-45)38-57-58(41-21-9-3-10-22-41)63-52-30-15-27-49-46-26-14-13-25-44(46)37-56(61(49)52)64(63)59(62(51)57)42-23-11-4-12-24-42/h2-5,7-38H,1,6H2. The first-order valence-corrected chi connectivity index (χ1v) is 22.7. The first-order chi connectivity index (χ1) is 31.8. The van der Waals surface area contributed by atoms with Crippen LogP contribution in [0.4, 0.5) is 0 Å². The van der Waals surface area contributed by atoms with Crippen molar-refractivity contribution in [3.05, 3.63) is 224 Å². The molecule has 14 rings (SSSR count). The van der Waals surface area contributed by atoms with Gasteiger partial charge in [0, 0.05) is 0 Å². The van der Waals surface area contributed by atoms with Gasteiger partial charge in [-0.25, -0.2) is 0 Å². The molecule has 0 N–H and O–H groups in total. The molecule has 64 heavy (non-hydrogen) atoms. The molecule has 0 amide bonds. The van der Waals surface area contributed by atoms with Crippen molar-refractivity contribution < 1.29 is 0 Å². The summed E-state index contributed by atoms with van der Waals surface area (Å²) in [4.78, 5) is 0. The summed E-state index contributed by atoms with van der Waals surface area (Å²) < 4.78 is 0. The van der Waals surface area contributed by atoms with Gasteiger partial charge in [-0.1, -0.05) is 194 Å². The molecule has 0 radical (unpaired) electrons. The van der Waals surface area contributed by atoms with E-state index in [-0.39, 0.29) is 0 Å². The normalized spacial score (nSPS) is 13.2. The Balaban J connectivity index is 1.16. The maximum Gasteiger partial charge on any atom is -0.000697 e. The lowest BCUT2D eigenvalue weighted by atomic mass is 9.83. The minimum Gasteiger partial charge on any atom is -0.0836 e. The van der Waals surface area contributed by atoms with Gasteiger partial charge in [0.15, 0.2) is 0 Å². The van der Waals surface area contributed by atoms with Gasteiger partial charge < -0.3 is 0 Å². The van der Waals surface area contributed by atoms with Gasteiger partial charge >= 0.3 is 0 Å². The third-order valence-corrected chi connectivity index (χ3v) is 14.3. The molecular weight excluding hydrogens is 769 g/mol. The minimum absolute atomic E-state index is 1.08. The highest BCUT2D eigenvalue weighted by molar-refractivity contribution is 6.46. The Kier molecular flexibility index (Phi) is 7.62. The fourth-order valence-corrected chi connectivity index (χ4v) is 11.6. The van der Waals surface area contributed by atoms with Crippen molar-refractivity contribution >= 4 is 91.8 Å². The highest BCUT2D eigenvalue weighted by Gasteiger charge is 2.27. The molecule has 296 valence electrons. The van der Waals surface area contributed by atoms with Crippen LogP contribution >= 0.6 is 0 Å². The summed E-state index contributed by atoms with van der Waals surface area (Å²) in [5.74, 6) is 0. The molecule has 0 atom stereocenters. The number of benzene rings is 11. The average Bonchev–Trinajstić information content (AvgIpc) is 3.87. The first-order valence-electron chi connectivity index (χ1n) is 22.7. The van der Waals surface area contributed by atoms with E-state index >= 15 is 0 Å². The van der Waals surface area contributed by atoms with Crippen LogP contribution in [0.2, 0.25) is 0 Å². The van der Waals surface area contributed by atoms with Crippen LogP contribution in [-0.2, 0) is 0 Å². The monoisotopic (exact) mass is 808 g/mol. The van der Waals surface area contributed by atoms with Gasteiger partial charge in [0.1, 0.15) is 0 Å². The Bertz CT molecular complexity index is 4080. The van der Waals surface area contributed by atoms with Gasteiger partial charge in [-0.05, 0) is 179 Å². The van der Waals surface area contributed by atoms with Gasteiger partial charge in [0.25, 0.3) is 0 Å². The third-order valence-electron chi connectivity index (χ3n) is 14.3. The second-order valence-electron chi connectivity index (χ2n) is 17.7. The van der Waals surface area contributed by atoms with Crippen molar-refractivity contribution in [2.45, 2.75) is 12.8 Å². The van der Waals surface area contributed by atoms with Crippen LogP contribution in [0.1, 0.15) is 18.4 Å². The van der Waals surface area contributed by atoms with Crippen LogP contribution in [0.15, 0.2) is 218 Å².